The summed E-state index contributed by atoms with van der Waals surface area (Å²) >= 11 is -2.75. The summed E-state index contributed by atoms with van der Waals surface area (Å²) in [6.45, 7) is 16.1. The van der Waals surface area contributed by atoms with Crippen LogP contribution in [0.3, 0.4) is 0 Å². The summed E-state index contributed by atoms with van der Waals surface area (Å²) in [5, 5.41) is 37.7. The molecule has 1 fully saturated rings. The zero-order valence-corrected chi connectivity index (χ0v) is 50.0. The quantitative estimate of drug-likeness (QED) is 0.0436. The van der Waals surface area contributed by atoms with Gasteiger partial charge in [0.25, 0.3) is 0 Å². The Kier molecular flexibility index (Phi) is 77.3. The minimum Gasteiger partial charge on any atom is -0.400 e. The SMILES string of the molecule is CCC[CH2][Sn]1([CH2]CCC)[S][Sn]([CH2]CCC)([CH2]CCC)[S][Sn]([CH2]CCC)([CH2]CCC)[S]1.CO.CO.COCCO.COCCO.OCCS.[Cu].[Zn]. The van der Waals surface area contributed by atoms with Crippen LogP contribution in [0.1, 0.15) is 119 Å². The van der Waals surface area contributed by atoms with Crippen molar-refractivity contribution >= 4 is 77.9 Å². The number of thiol groups is 1. The van der Waals surface area contributed by atoms with E-state index in [4.69, 9.17) is 25.5 Å². The van der Waals surface area contributed by atoms with Crippen molar-refractivity contribution in [2.75, 3.05) is 67.2 Å². The van der Waals surface area contributed by atoms with Crippen LogP contribution in [0.15, 0.2) is 0 Å². The van der Waals surface area contributed by atoms with Crippen LogP contribution in [0, 0.1) is 0 Å². The topological polar surface area (TPSA) is 120 Å². The Balaban J connectivity index is -0.000000153. The Morgan fingerprint density at radius 3 is 0.720 bits per heavy atom. The number of hydrogen-bond donors (Lipinski definition) is 6. The fourth-order valence-corrected chi connectivity index (χ4v) is 573. The monoisotopic (exact) mass is 1220 g/mol. The molecule has 0 atom stereocenters. The molecule has 1 radical (unpaired) electrons. The van der Waals surface area contributed by atoms with E-state index in [2.05, 4.69) is 82.0 Å². The van der Waals surface area contributed by atoms with Gasteiger partial charge in [-0.2, -0.15) is 12.6 Å². The third-order valence-corrected chi connectivity index (χ3v) is 260. The predicted octanol–water partition coefficient (Wildman–Crippen LogP) is 9.70. The van der Waals surface area contributed by atoms with Crippen LogP contribution in [-0.2, 0) is 46.0 Å². The van der Waals surface area contributed by atoms with E-state index in [0.29, 0.717) is 19.0 Å². The molecular weight excluding hydrogens is 1130 g/mol. The summed E-state index contributed by atoms with van der Waals surface area (Å²) in [4.78, 5) is 0. The van der Waals surface area contributed by atoms with Crippen LogP contribution >= 0.6 is 31.0 Å². The van der Waals surface area contributed by atoms with Crippen molar-refractivity contribution in [1.82, 2.24) is 0 Å². The van der Waals surface area contributed by atoms with E-state index in [1.54, 1.807) is 79.4 Å². The van der Waals surface area contributed by atoms with Crippen molar-refractivity contribution in [3.63, 3.8) is 0 Å². The van der Waals surface area contributed by atoms with Crippen molar-refractivity contribution in [3.05, 3.63) is 0 Å². The zero-order valence-electron chi connectivity index (χ0n) is 34.2. The predicted molar refractivity (Wildman–Crippen MR) is 233 cm³/mol. The van der Waals surface area contributed by atoms with Gasteiger partial charge in [-0.25, -0.2) is 0 Å². The van der Waals surface area contributed by atoms with E-state index in [9.17, 15) is 0 Å². The molecule has 0 unspecified atom stereocenters. The molecule has 1 rings (SSSR count). The van der Waals surface area contributed by atoms with Gasteiger partial charge in [0.1, 0.15) is 0 Å². The van der Waals surface area contributed by atoms with Gasteiger partial charge in [-0.05, 0) is 0 Å². The second-order valence-corrected chi connectivity index (χ2v) is 114. The van der Waals surface area contributed by atoms with E-state index >= 15 is 0 Å². The molecule has 0 aromatic heterocycles. The van der Waals surface area contributed by atoms with Crippen molar-refractivity contribution in [3.8, 4) is 0 Å². The average Bonchev–Trinajstić information content (AvgIpc) is 3.13. The molecule has 5 N–H and O–H groups in total. The maximum Gasteiger partial charge on any atom is 0.0693 e. The van der Waals surface area contributed by atoms with E-state index < -0.39 is 46.8 Å². The van der Waals surface area contributed by atoms with Crippen LogP contribution in [0.2, 0.25) is 26.6 Å². The van der Waals surface area contributed by atoms with Crippen LogP contribution in [-0.4, -0.2) is 140 Å². The number of ether oxygens (including phenoxy) is 2. The fraction of sp³-hybridized carbons (Fsp3) is 1.00. The standard InChI is InChI=1S/6C4H9.2C3H8O2.C2H6OS.2CH4O.Cu.3S.3Sn.Zn/c6*1-3-4-2;2*1-5-3-2-4;3-1-2-4;2*1-2;;;;;;;;/h6*1,3-4H2,2H3;2*4H,2-3H2,1H3;3-4H,1-2H2;2*2H,1H3;;;;;;;;. The summed E-state index contributed by atoms with van der Waals surface area (Å²) in [6.07, 6.45) is 26.9. The molecule has 0 aromatic carbocycles. The van der Waals surface area contributed by atoms with Crippen molar-refractivity contribution in [2.45, 2.75) is 145 Å². The Labute approximate surface area is 357 Å². The molecule has 1 aliphatic rings. The van der Waals surface area contributed by atoms with Crippen LogP contribution in [0.25, 0.3) is 0 Å². The molecule has 0 saturated carbocycles. The van der Waals surface area contributed by atoms with Gasteiger partial charge in [-0.1, -0.05) is 0 Å². The summed E-state index contributed by atoms with van der Waals surface area (Å²) in [5.74, 6) is 0.569. The Morgan fingerprint density at radius 2 is 0.640 bits per heavy atom. The summed E-state index contributed by atoms with van der Waals surface area (Å²) in [5.41, 5.74) is 0. The number of unbranched alkanes of at least 4 members (excludes halogenated alkanes) is 6. The van der Waals surface area contributed by atoms with Gasteiger partial charge in [0.05, 0.1) is 33.0 Å². The van der Waals surface area contributed by atoms with Gasteiger partial charge in [0.2, 0.25) is 0 Å². The first-order chi connectivity index (χ1) is 23.2. The van der Waals surface area contributed by atoms with Crippen molar-refractivity contribution in [1.29, 1.82) is 0 Å². The van der Waals surface area contributed by atoms with E-state index in [-0.39, 0.29) is 56.4 Å². The molecule has 1 aliphatic heterocycles. The first-order valence-corrected chi connectivity index (χ1v) is 54.8. The van der Waals surface area contributed by atoms with Gasteiger partial charge in [-0.15, -0.1) is 0 Å². The van der Waals surface area contributed by atoms with Gasteiger partial charge in [0.15, 0.2) is 0 Å². The number of aliphatic hydroxyl groups is 5. The molecular formula is C34H84CuO7S4Sn3Zn. The molecule has 1 saturated heterocycles. The minimum atomic E-state index is -2.14. The second-order valence-electron chi connectivity index (χ2n) is 11.5. The van der Waals surface area contributed by atoms with Crippen LogP contribution in [0.5, 0.6) is 0 Å². The van der Waals surface area contributed by atoms with Gasteiger partial charge >= 0.3 is 210 Å². The second kappa shape index (κ2) is 55.8. The molecule has 16 heteroatoms. The van der Waals surface area contributed by atoms with E-state index in [1.807, 2.05) is 0 Å². The molecule has 0 bridgehead atoms. The summed E-state index contributed by atoms with van der Waals surface area (Å²) in [6, 6.07) is 0. The first-order valence-electron chi connectivity index (χ1n) is 18.6. The Morgan fingerprint density at radius 1 is 0.460 bits per heavy atom. The van der Waals surface area contributed by atoms with E-state index in [0.717, 1.165) is 14.2 Å². The van der Waals surface area contributed by atoms with E-state index in [1.165, 1.54) is 38.5 Å². The number of aliphatic hydroxyl groups excluding tert-OH is 5. The van der Waals surface area contributed by atoms with Gasteiger partial charge in [0, 0.05) is 70.7 Å². The average molecular weight is 1220 g/mol. The van der Waals surface area contributed by atoms with Gasteiger partial charge in [-0.3, -0.25) is 0 Å². The van der Waals surface area contributed by atoms with Crippen LogP contribution in [0.4, 0.5) is 0 Å². The third kappa shape index (κ3) is 42.3. The first kappa shape index (κ1) is 69.3. The Bertz CT molecular complexity index is 483. The largest absolute Gasteiger partial charge is 0.400 e. The number of rotatable bonds is 23. The maximum absolute atomic E-state index is 7.94. The molecule has 0 aliphatic carbocycles. The van der Waals surface area contributed by atoms with Crippen molar-refractivity contribution in [2.24, 2.45) is 0 Å². The fourth-order valence-electron chi connectivity index (χ4n) is 4.93. The molecule has 1 heterocycles. The number of hydrogen-bond acceptors (Lipinski definition) is 11. The summed E-state index contributed by atoms with van der Waals surface area (Å²) in [7, 11) is 5.10. The molecule has 0 spiro atoms. The van der Waals surface area contributed by atoms with Crippen molar-refractivity contribution < 1.29 is 71.6 Å². The summed E-state index contributed by atoms with van der Waals surface area (Å²) < 4.78 is 19.4. The zero-order chi connectivity index (χ0) is 38.0. The minimum absolute atomic E-state index is 0. The Hall–Kier alpha value is 4.66. The van der Waals surface area contributed by atoms with Gasteiger partial charge < -0.3 is 35.0 Å². The smallest absolute Gasteiger partial charge is 0.0693 e. The molecule has 311 valence electrons. The molecule has 0 aromatic rings. The molecule has 0 amide bonds. The van der Waals surface area contributed by atoms with Crippen LogP contribution < -0.4 is 0 Å². The number of methoxy groups -OCH3 is 2. The maximum atomic E-state index is 7.94. The molecule has 7 nitrogen and oxygen atoms in total. The normalized spacial score (nSPS) is 14.4. The molecule has 50 heavy (non-hydrogen) atoms. The third-order valence-electron chi connectivity index (χ3n) is 7.27.